The normalized spacial score (nSPS) is 27.6. The monoisotopic (exact) mass is 557 g/mol. The number of hydrogen-bond donors (Lipinski definition) is 1. The summed E-state index contributed by atoms with van der Waals surface area (Å²) in [5, 5.41) is 11.5. The van der Waals surface area contributed by atoms with E-state index in [2.05, 4.69) is 15.5 Å². The average Bonchev–Trinajstić information content (AvgIpc) is 3.16. The summed E-state index contributed by atoms with van der Waals surface area (Å²) in [7, 11) is 3.53. The number of ether oxygens (including phenoxy) is 1. The molecule has 0 unspecified atom stereocenters. The largest absolute Gasteiger partial charge is 0.416 e. The number of aromatic nitrogens is 3. The predicted octanol–water partition coefficient (Wildman–Crippen LogP) is 4.93. The van der Waals surface area contributed by atoms with Crippen LogP contribution >= 0.6 is 0 Å². The molecule has 2 heterocycles. The Labute approximate surface area is 229 Å². The number of benzene rings is 2. The van der Waals surface area contributed by atoms with Crippen molar-refractivity contribution < 1.29 is 27.1 Å². The fourth-order valence-corrected chi connectivity index (χ4v) is 6.18. The molecule has 0 radical (unpaired) electrons. The summed E-state index contributed by atoms with van der Waals surface area (Å²) in [6, 6.07) is 10.00. The standard InChI is InChI=1S/C29H31F4N5O2/c1-27(12-24(27)30)15-34-13-17-7-21-22(23(8-17)29(31,32)33)14-38(25(21)39)19-6-4-5-18(9-19)28(10-20(11-28)40-3)26-36-35-16-37(26)2/h4-9,16,20,24,34H,10-15H2,1-3H3/t20?,24-,27-,28?/m1/s1. The van der Waals surface area contributed by atoms with Gasteiger partial charge in [-0.2, -0.15) is 13.2 Å². The van der Waals surface area contributed by atoms with Crippen LogP contribution in [0.15, 0.2) is 42.7 Å². The third kappa shape index (κ3) is 4.39. The van der Waals surface area contributed by atoms with E-state index in [9.17, 15) is 22.4 Å². The molecule has 1 aromatic heterocycles. The number of rotatable bonds is 8. The molecule has 1 N–H and O–H groups in total. The molecule has 6 rings (SSSR count). The molecular weight excluding hydrogens is 526 g/mol. The van der Waals surface area contributed by atoms with Gasteiger partial charge in [-0.3, -0.25) is 4.79 Å². The van der Waals surface area contributed by atoms with E-state index in [1.54, 1.807) is 26.4 Å². The number of methoxy groups -OCH3 is 1. The van der Waals surface area contributed by atoms with Gasteiger partial charge in [0.15, 0.2) is 0 Å². The molecule has 1 amide bonds. The van der Waals surface area contributed by atoms with Crippen molar-refractivity contribution in [1.29, 1.82) is 0 Å². The second-order valence-corrected chi connectivity index (χ2v) is 11.7. The molecule has 0 spiro atoms. The highest BCUT2D eigenvalue weighted by Gasteiger charge is 2.51. The SMILES string of the molecule is COC1CC(c2cccc(N3Cc4c(cc(CNC[C@@]5(C)C[C@H]5F)cc4C(F)(F)F)C3=O)c2)(c2nncn2C)C1. The van der Waals surface area contributed by atoms with E-state index in [0.717, 1.165) is 17.5 Å². The maximum atomic E-state index is 14.2. The highest BCUT2D eigenvalue weighted by molar-refractivity contribution is 6.10. The molecule has 2 aromatic carbocycles. The van der Waals surface area contributed by atoms with E-state index >= 15 is 0 Å². The van der Waals surface area contributed by atoms with Gasteiger partial charge < -0.3 is 19.5 Å². The Morgan fingerprint density at radius 2 is 1.93 bits per heavy atom. The van der Waals surface area contributed by atoms with Gasteiger partial charge in [-0.25, -0.2) is 4.39 Å². The molecular formula is C29H31F4N5O2. The molecule has 2 fully saturated rings. The molecule has 40 heavy (non-hydrogen) atoms. The lowest BCUT2D eigenvalue weighted by Gasteiger charge is -2.46. The van der Waals surface area contributed by atoms with E-state index in [0.29, 0.717) is 37.1 Å². The maximum Gasteiger partial charge on any atom is 0.416 e. The van der Waals surface area contributed by atoms with Crippen LogP contribution in [0.5, 0.6) is 0 Å². The van der Waals surface area contributed by atoms with E-state index in [-0.39, 0.29) is 30.3 Å². The second kappa shape index (κ2) is 9.37. The molecule has 1 aliphatic heterocycles. The number of nitrogens with one attached hydrogen (secondary N) is 1. The predicted molar refractivity (Wildman–Crippen MR) is 140 cm³/mol. The van der Waals surface area contributed by atoms with Gasteiger partial charge in [0.1, 0.15) is 18.3 Å². The highest BCUT2D eigenvalue weighted by atomic mass is 19.4. The maximum absolute atomic E-state index is 14.2. The summed E-state index contributed by atoms with van der Waals surface area (Å²) in [6.45, 7) is 2.09. The number of carbonyl (C=O) groups is 1. The molecule has 2 saturated carbocycles. The topological polar surface area (TPSA) is 72.3 Å². The lowest BCUT2D eigenvalue weighted by molar-refractivity contribution is -0.138. The van der Waals surface area contributed by atoms with Crippen LogP contribution < -0.4 is 10.2 Å². The van der Waals surface area contributed by atoms with Crippen LogP contribution in [-0.4, -0.2) is 46.6 Å². The number of hydrogen-bond acceptors (Lipinski definition) is 5. The number of halogens is 4. The number of anilines is 1. The summed E-state index contributed by atoms with van der Waals surface area (Å²) in [5.74, 6) is 0.290. The fraction of sp³-hybridized carbons (Fsp3) is 0.483. The Hall–Kier alpha value is -3.31. The summed E-state index contributed by atoms with van der Waals surface area (Å²) in [5.41, 5.74) is 0.00370. The van der Waals surface area contributed by atoms with Gasteiger partial charge in [-0.05, 0) is 60.2 Å². The summed E-state index contributed by atoms with van der Waals surface area (Å²) >= 11 is 0. The number of amides is 1. The van der Waals surface area contributed by atoms with Crippen molar-refractivity contribution in [2.45, 2.75) is 63.1 Å². The molecule has 2 aliphatic carbocycles. The number of carbonyl (C=O) groups excluding carboxylic acids is 1. The van der Waals surface area contributed by atoms with Crippen molar-refractivity contribution in [2.75, 3.05) is 18.6 Å². The van der Waals surface area contributed by atoms with Gasteiger partial charge >= 0.3 is 6.18 Å². The zero-order chi connectivity index (χ0) is 28.4. The van der Waals surface area contributed by atoms with Crippen LogP contribution in [0.1, 0.15) is 64.6 Å². The third-order valence-electron chi connectivity index (χ3n) is 8.84. The summed E-state index contributed by atoms with van der Waals surface area (Å²) in [6.07, 6.45) is -2.07. The van der Waals surface area contributed by atoms with E-state index in [1.807, 2.05) is 29.8 Å². The smallest absolute Gasteiger partial charge is 0.381 e. The van der Waals surface area contributed by atoms with E-state index in [1.165, 1.54) is 11.0 Å². The Bertz CT molecular complexity index is 1460. The molecule has 2 atom stereocenters. The van der Waals surface area contributed by atoms with Crippen LogP contribution in [0.4, 0.5) is 23.2 Å². The first-order valence-electron chi connectivity index (χ1n) is 13.3. The molecule has 0 saturated heterocycles. The van der Waals surface area contributed by atoms with Crippen LogP contribution in [0, 0.1) is 5.41 Å². The van der Waals surface area contributed by atoms with Crippen LogP contribution in [0.2, 0.25) is 0 Å². The van der Waals surface area contributed by atoms with Crippen LogP contribution in [-0.2, 0) is 36.5 Å². The number of alkyl halides is 4. The Kier molecular flexibility index (Phi) is 6.30. The lowest BCUT2D eigenvalue weighted by Crippen LogP contribution is -2.48. The zero-order valence-electron chi connectivity index (χ0n) is 22.6. The molecule has 0 bridgehead atoms. The number of aryl methyl sites for hydroxylation is 1. The Balaban J connectivity index is 1.31. The van der Waals surface area contributed by atoms with E-state index in [4.69, 9.17) is 4.74 Å². The van der Waals surface area contributed by atoms with Crippen LogP contribution in [0.3, 0.4) is 0 Å². The number of fused-ring (bicyclic) bond motifs is 1. The second-order valence-electron chi connectivity index (χ2n) is 11.7. The molecule has 3 aromatic rings. The van der Waals surface area contributed by atoms with Crippen molar-refractivity contribution in [1.82, 2.24) is 20.1 Å². The van der Waals surface area contributed by atoms with Crippen molar-refractivity contribution >= 4 is 11.6 Å². The third-order valence-corrected chi connectivity index (χ3v) is 8.84. The fourth-order valence-electron chi connectivity index (χ4n) is 6.18. The van der Waals surface area contributed by atoms with Gasteiger partial charge in [-0.15, -0.1) is 10.2 Å². The number of nitrogens with zero attached hydrogens (tertiary/aromatic N) is 4. The molecule has 7 nitrogen and oxygen atoms in total. The zero-order valence-corrected chi connectivity index (χ0v) is 22.6. The minimum Gasteiger partial charge on any atom is -0.381 e. The Morgan fingerprint density at radius 1 is 1.18 bits per heavy atom. The van der Waals surface area contributed by atoms with Crippen LogP contribution in [0.25, 0.3) is 0 Å². The first kappa shape index (κ1) is 26.9. The first-order chi connectivity index (χ1) is 18.9. The molecule has 212 valence electrons. The van der Waals surface area contributed by atoms with Gasteiger partial charge in [0.05, 0.1) is 23.6 Å². The molecule has 3 aliphatic rings. The van der Waals surface area contributed by atoms with Gasteiger partial charge in [0.2, 0.25) is 0 Å². The Morgan fingerprint density at radius 3 is 2.55 bits per heavy atom. The minimum atomic E-state index is -4.62. The van der Waals surface area contributed by atoms with Crippen molar-refractivity contribution in [3.63, 3.8) is 0 Å². The quantitative estimate of drug-likeness (QED) is 0.398. The van der Waals surface area contributed by atoms with Crippen molar-refractivity contribution in [3.8, 4) is 0 Å². The average molecular weight is 558 g/mol. The van der Waals surface area contributed by atoms with Crippen molar-refractivity contribution in [2.24, 2.45) is 12.5 Å². The van der Waals surface area contributed by atoms with Gasteiger partial charge in [0, 0.05) is 43.9 Å². The van der Waals surface area contributed by atoms with Crippen molar-refractivity contribution in [3.05, 3.63) is 76.4 Å². The lowest BCUT2D eigenvalue weighted by atomic mass is 9.62. The van der Waals surface area contributed by atoms with Gasteiger partial charge in [-0.1, -0.05) is 19.1 Å². The summed E-state index contributed by atoms with van der Waals surface area (Å²) in [4.78, 5) is 15.0. The highest BCUT2D eigenvalue weighted by Crippen LogP contribution is 2.50. The van der Waals surface area contributed by atoms with E-state index < -0.39 is 34.6 Å². The molecule has 11 heteroatoms. The first-order valence-corrected chi connectivity index (χ1v) is 13.3. The summed E-state index contributed by atoms with van der Waals surface area (Å²) < 4.78 is 63.5. The minimum absolute atomic E-state index is 0.0317. The van der Waals surface area contributed by atoms with Gasteiger partial charge in [0.25, 0.3) is 5.91 Å².